The molecule has 0 amide bonds. The monoisotopic (exact) mass is 139 g/mol. The van der Waals surface area contributed by atoms with Crippen LogP contribution in [0.25, 0.3) is 0 Å². The van der Waals surface area contributed by atoms with Gasteiger partial charge in [-0.2, -0.15) is 0 Å². The van der Waals surface area contributed by atoms with Crippen molar-refractivity contribution in [2.24, 2.45) is 11.8 Å². The molecule has 1 aliphatic heterocycles. The number of rotatable bonds is 2. The van der Waals surface area contributed by atoms with Crippen molar-refractivity contribution in [3.8, 4) is 0 Å². The minimum absolute atomic E-state index is 1.04. The van der Waals surface area contributed by atoms with Gasteiger partial charge in [0.1, 0.15) is 0 Å². The first-order valence-electron chi connectivity index (χ1n) is 4.66. The van der Waals surface area contributed by atoms with Crippen molar-refractivity contribution in [2.45, 2.75) is 32.1 Å². The number of hydrogen-bond acceptors (Lipinski definition) is 1. The van der Waals surface area contributed by atoms with Crippen molar-refractivity contribution in [1.82, 2.24) is 5.32 Å². The van der Waals surface area contributed by atoms with Crippen molar-refractivity contribution in [3.63, 3.8) is 0 Å². The Morgan fingerprint density at radius 2 is 1.70 bits per heavy atom. The average molecular weight is 139 g/mol. The highest BCUT2D eigenvalue weighted by molar-refractivity contribution is 4.79. The van der Waals surface area contributed by atoms with Gasteiger partial charge in [0.25, 0.3) is 0 Å². The van der Waals surface area contributed by atoms with Crippen molar-refractivity contribution in [3.05, 3.63) is 0 Å². The number of hydrogen-bond donors (Lipinski definition) is 1. The molecule has 0 aromatic carbocycles. The van der Waals surface area contributed by atoms with Crippen LogP contribution in [0.2, 0.25) is 0 Å². The normalized spacial score (nSPS) is 28.8. The molecule has 0 atom stereocenters. The molecule has 0 radical (unpaired) electrons. The Hall–Kier alpha value is -0.0400. The predicted octanol–water partition coefficient (Wildman–Crippen LogP) is 1.79. The van der Waals surface area contributed by atoms with Crippen LogP contribution < -0.4 is 5.32 Å². The molecule has 0 unspecified atom stereocenters. The van der Waals surface area contributed by atoms with E-state index in [1.165, 1.54) is 45.2 Å². The van der Waals surface area contributed by atoms with Gasteiger partial charge in [0.2, 0.25) is 0 Å². The molecule has 1 heteroatoms. The largest absolute Gasteiger partial charge is 0.316 e. The minimum atomic E-state index is 1.04. The molecule has 1 N–H and O–H groups in total. The first-order valence-corrected chi connectivity index (χ1v) is 4.66. The summed E-state index contributed by atoms with van der Waals surface area (Å²) in [4.78, 5) is 0. The van der Waals surface area contributed by atoms with Crippen molar-refractivity contribution >= 4 is 0 Å². The maximum Gasteiger partial charge on any atom is -0.000815 e. The summed E-state index contributed by atoms with van der Waals surface area (Å²) >= 11 is 0. The van der Waals surface area contributed by atoms with Crippen LogP contribution in [0.1, 0.15) is 32.1 Å². The molecule has 1 aliphatic carbocycles. The van der Waals surface area contributed by atoms with Gasteiger partial charge < -0.3 is 5.32 Å². The van der Waals surface area contributed by atoms with Crippen LogP contribution in [0.4, 0.5) is 0 Å². The minimum Gasteiger partial charge on any atom is -0.316 e. The maximum atomic E-state index is 3.34. The van der Waals surface area contributed by atoms with E-state index in [9.17, 15) is 0 Å². The Morgan fingerprint density at radius 3 is 2.20 bits per heavy atom. The molecule has 1 heterocycles. The Labute approximate surface area is 63.2 Å². The van der Waals surface area contributed by atoms with Crippen LogP contribution in [0.5, 0.6) is 0 Å². The summed E-state index contributed by atoms with van der Waals surface area (Å²) in [5, 5.41) is 3.34. The van der Waals surface area contributed by atoms with Gasteiger partial charge in [0.05, 0.1) is 0 Å². The summed E-state index contributed by atoms with van der Waals surface area (Å²) in [5.41, 5.74) is 0. The van der Waals surface area contributed by atoms with Crippen molar-refractivity contribution in [1.29, 1.82) is 0 Å². The highest BCUT2D eigenvalue weighted by atomic mass is 14.9. The molecule has 1 nitrogen and oxygen atoms in total. The molecule has 1 saturated carbocycles. The van der Waals surface area contributed by atoms with Crippen LogP contribution in [0.3, 0.4) is 0 Å². The van der Waals surface area contributed by atoms with Gasteiger partial charge in [-0.05, 0) is 31.3 Å². The third-order valence-electron chi connectivity index (χ3n) is 3.01. The summed E-state index contributed by atoms with van der Waals surface area (Å²) in [6.45, 7) is 2.60. The standard InChI is InChI=1S/C9H17N/c1-2-4-8(3-1)5-9-6-10-7-9/h8-10H,1-7H2. The molecule has 2 rings (SSSR count). The van der Waals surface area contributed by atoms with Gasteiger partial charge in [0, 0.05) is 0 Å². The lowest BCUT2D eigenvalue weighted by atomic mass is 9.89. The molecule has 2 aliphatic rings. The molecule has 10 heavy (non-hydrogen) atoms. The van der Waals surface area contributed by atoms with E-state index >= 15 is 0 Å². The van der Waals surface area contributed by atoms with E-state index in [2.05, 4.69) is 5.32 Å². The van der Waals surface area contributed by atoms with Crippen LogP contribution in [0, 0.1) is 11.8 Å². The highest BCUT2D eigenvalue weighted by Crippen LogP contribution is 2.31. The lowest BCUT2D eigenvalue weighted by Crippen LogP contribution is -2.42. The summed E-state index contributed by atoms with van der Waals surface area (Å²) in [6.07, 6.45) is 7.58. The average Bonchev–Trinajstić information content (AvgIpc) is 2.29. The molecule has 2 fully saturated rings. The van der Waals surface area contributed by atoms with Gasteiger partial charge in [-0.1, -0.05) is 25.7 Å². The first-order chi connectivity index (χ1) is 4.95. The van der Waals surface area contributed by atoms with E-state index in [0.29, 0.717) is 0 Å². The Kier molecular flexibility index (Phi) is 1.94. The fraction of sp³-hybridized carbons (Fsp3) is 1.00. The highest BCUT2D eigenvalue weighted by Gasteiger charge is 2.23. The van der Waals surface area contributed by atoms with E-state index in [0.717, 1.165) is 11.8 Å². The fourth-order valence-corrected chi connectivity index (χ4v) is 2.23. The molecular weight excluding hydrogens is 122 g/mol. The molecule has 0 aromatic heterocycles. The van der Waals surface area contributed by atoms with Crippen LogP contribution in [0.15, 0.2) is 0 Å². The third-order valence-corrected chi connectivity index (χ3v) is 3.01. The lowest BCUT2D eigenvalue weighted by Gasteiger charge is -2.29. The SMILES string of the molecule is C1CCC(CC2CNC2)C1. The second-order valence-electron chi connectivity index (χ2n) is 3.91. The van der Waals surface area contributed by atoms with Gasteiger partial charge >= 0.3 is 0 Å². The van der Waals surface area contributed by atoms with E-state index in [4.69, 9.17) is 0 Å². The van der Waals surface area contributed by atoms with E-state index in [1.807, 2.05) is 0 Å². The second kappa shape index (κ2) is 2.91. The summed E-state index contributed by atoms with van der Waals surface area (Å²) < 4.78 is 0. The Morgan fingerprint density at radius 1 is 1.00 bits per heavy atom. The third kappa shape index (κ3) is 1.34. The zero-order valence-corrected chi connectivity index (χ0v) is 6.60. The Bertz CT molecular complexity index is 101. The molecule has 1 saturated heterocycles. The van der Waals surface area contributed by atoms with E-state index in [-0.39, 0.29) is 0 Å². The molecule has 0 spiro atoms. The topological polar surface area (TPSA) is 12.0 Å². The zero-order chi connectivity index (χ0) is 6.81. The summed E-state index contributed by atoms with van der Waals surface area (Å²) in [5.74, 6) is 2.15. The quantitative estimate of drug-likeness (QED) is 0.615. The molecule has 0 bridgehead atoms. The molecule has 58 valence electrons. The van der Waals surface area contributed by atoms with E-state index in [1.54, 1.807) is 0 Å². The summed E-state index contributed by atoms with van der Waals surface area (Å²) in [6, 6.07) is 0. The molecule has 0 aromatic rings. The lowest BCUT2D eigenvalue weighted by molar-refractivity contribution is 0.277. The maximum absolute atomic E-state index is 3.34. The smallest absolute Gasteiger partial charge is 0.000815 e. The van der Waals surface area contributed by atoms with Gasteiger partial charge in [-0.25, -0.2) is 0 Å². The summed E-state index contributed by atoms with van der Waals surface area (Å²) in [7, 11) is 0. The Balaban J connectivity index is 1.68. The number of nitrogens with one attached hydrogen (secondary N) is 1. The van der Waals surface area contributed by atoms with Gasteiger partial charge in [0.15, 0.2) is 0 Å². The van der Waals surface area contributed by atoms with Crippen LogP contribution in [-0.4, -0.2) is 13.1 Å². The predicted molar refractivity (Wildman–Crippen MR) is 42.9 cm³/mol. The van der Waals surface area contributed by atoms with Crippen LogP contribution in [-0.2, 0) is 0 Å². The van der Waals surface area contributed by atoms with Crippen molar-refractivity contribution in [2.75, 3.05) is 13.1 Å². The first kappa shape index (κ1) is 6.66. The zero-order valence-electron chi connectivity index (χ0n) is 6.60. The molecular formula is C9H17N. The second-order valence-corrected chi connectivity index (χ2v) is 3.91. The van der Waals surface area contributed by atoms with E-state index < -0.39 is 0 Å². The van der Waals surface area contributed by atoms with Gasteiger partial charge in [-0.3, -0.25) is 0 Å². The van der Waals surface area contributed by atoms with Crippen LogP contribution >= 0.6 is 0 Å². The van der Waals surface area contributed by atoms with Gasteiger partial charge in [-0.15, -0.1) is 0 Å². The van der Waals surface area contributed by atoms with Crippen molar-refractivity contribution < 1.29 is 0 Å². The fourth-order valence-electron chi connectivity index (χ4n) is 2.23.